The molecule has 5 rings (SSSR count). The molecule has 34 heavy (non-hydrogen) atoms. The molecule has 0 saturated carbocycles. The molecule has 0 radical (unpaired) electrons. The predicted molar refractivity (Wildman–Crippen MR) is 137 cm³/mol. The molecule has 0 unspecified atom stereocenters. The molecule has 1 N–H and O–H groups in total. The Morgan fingerprint density at radius 2 is 1.62 bits per heavy atom. The standard InChI is InChI=1S/C25H27N5O2S2/c31-34(32,23-12-6-10-21-9-4-5-11-22(21)23)26-13-14-29-15-17-30(18-16-29)25-27-24(28-33-25)19-20-7-2-1-3-8-20/h1-12,26H,13-19H2. The molecule has 0 bridgehead atoms. The lowest BCUT2D eigenvalue weighted by molar-refractivity contribution is 0.262. The fourth-order valence-corrected chi connectivity index (χ4v) is 6.22. The van der Waals surface area contributed by atoms with Crippen molar-refractivity contribution in [3.05, 3.63) is 84.2 Å². The first-order valence-electron chi connectivity index (χ1n) is 11.4. The number of hydrogen-bond acceptors (Lipinski definition) is 7. The zero-order valence-electron chi connectivity index (χ0n) is 18.8. The number of hydrogen-bond donors (Lipinski definition) is 1. The Bertz CT molecular complexity index is 1340. The summed E-state index contributed by atoms with van der Waals surface area (Å²) in [7, 11) is -3.57. The van der Waals surface area contributed by atoms with Crippen LogP contribution in [-0.4, -0.2) is 61.9 Å². The van der Waals surface area contributed by atoms with Crippen LogP contribution in [0.2, 0.25) is 0 Å². The molecule has 1 aliphatic rings. The molecule has 0 aliphatic carbocycles. The molecule has 3 aromatic carbocycles. The Morgan fingerprint density at radius 3 is 2.44 bits per heavy atom. The third-order valence-corrected chi connectivity index (χ3v) is 8.40. The number of rotatable bonds is 8. The van der Waals surface area contributed by atoms with E-state index in [-0.39, 0.29) is 0 Å². The van der Waals surface area contributed by atoms with E-state index in [2.05, 4.69) is 31.0 Å². The topological polar surface area (TPSA) is 78.4 Å². The van der Waals surface area contributed by atoms with Crippen LogP contribution in [-0.2, 0) is 16.4 Å². The van der Waals surface area contributed by atoms with Gasteiger partial charge in [0.05, 0.1) is 4.90 Å². The predicted octanol–water partition coefficient (Wildman–Crippen LogP) is 3.38. The zero-order chi connectivity index (χ0) is 23.4. The first kappa shape index (κ1) is 22.9. The summed E-state index contributed by atoms with van der Waals surface area (Å²) in [4.78, 5) is 9.61. The third kappa shape index (κ3) is 5.28. The second kappa shape index (κ2) is 10.2. The van der Waals surface area contributed by atoms with Gasteiger partial charge in [0.25, 0.3) is 0 Å². The first-order valence-corrected chi connectivity index (χ1v) is 13.7. The van der Waals surface area contributed by atoms with E-state index in [1.807, 2.05) is 48.5 Å². The van der Waals surface area contributed by atoms with Crippen molar-refractivity contribution in [2.75, 3.05) is 44.2 Å². The summed E-state index contributed by atoms with van der Waals surface area (Å²) in [5, 5.41) is 2.63. The highest BCUT2D eigenvalue weighted by atomic mass is 32.2. The summed E-state index contributed by atoms with van der Waals surface area (Å²) < 4.78 is 33.1. The maximum atomic E-state index is 12.9. The van der Waals surface area contributed by atoms with Crippen LogP contribution in [0.4, 0.5) is 5.13 Å². The van der Waals surface area contributed by atoms with E-state index in [1.54, 1.807) is 12.1 Å². The summed E-state index contributed by atoms with van der Waals surface area (Å²) >= 11 is 1.45. The van der Waals surface area contributed by atoms with Gasteiger partial charge in [-0.3, -0.25) is 4.90 Å². The molecule has 0 spiro atoms. The largest absolute Gasteiger partial charge is 0.344 e. The van der Waals surface area contributed by atoms with Crippen molar-refractivity contribution < 1.29 is 8.42 Å². The van der Waals surface area contributed by atoms with Crippen molar-refractivity contribution in [1.82, 2.24) is 19.0 Å². The van der Waals surface area contributed by atoms with Gasteiger partial charge in [-0.1, -0.05) is 66.7 Å². The van der Waals surface area contributed by atoms with Crippen LogP contribution < -0.4 is 9.62 Å². The maximum absolute atomic E-state index is 12.9. The fraction of sp³-hybridized carbons (Fsp3) is 0.280. The van der Waals surface area contributed by atoms with Crippen LogP contribution in [0.1, 0.15) is 11.4 Å². The second-order valence-electron chi connectivity index (χ2n) is 8.36. The minimum absolute atomic E-state index is 0.331. The van der Waals surface area contributed by atoms with Gasteiger partial charge >= 0.3 is 0 Å². The number of sulfonamides is 1. The molecule has 1 aliphatic heterocycles. The Balaban J connectivity index is 1.12. The Morgan fingerprint density at radius 1 is 0.882 bits per heavy atom. The van der Waals surface area contributed by atoms with E-state index >= 15 is 0 Å². The number of nitrogens with one attached hydrogen (secondary N) is 1. The monoisotopic (exact) mass is 493 g/mol. The van der Waals surface area contributed by atoms with E-state index in [0.717, 1.165) is 54.3 Å². The van der Waals surface area contributed by atoms with Gasteiger partial charge in [-0.05, 0) is 17.0 Å². The maximum Gasteiger partial charge on any atom is 0.241 e. The third-order valence-electron chi connectivity index (χ3n) is 6.06. The van der Waals surface area contributed by atoms with Gasteiger partial charge in [0.2, 0.25) is 15.2 Å². The molecular weight excluding hydrogens is 466 g/mol. The molecule has 0 amide bonds. The van der Waals surface area contributed by atoms with Crippen molar-refractivity contribution in [3.63, 3.8) is 0 Å². The average Bonchev–Trinajstić information content (AvgIpc) is 3.33. The molecule has 0 atom stereocenters. The van der Waals surface area contributed by atoms with Crippen LogP contribution in [0.15, 0.2) is 77.7 Å². The van der Waals surface area contributed by atoms with Gasteiger partial charge in [-0.15, -0.1) is 0 Å². The summed E-state index contributed by atoms with van der Waals surface area (Å²) in [5.74, 6) is 0.858. The van der Waals surface area contributed by atoms with Gasteiger partial charge in [0.15, 0.2) is 0 Å². The van der Waals surface area contributed by atoms with Crippen LogP contribution >= 0.6 is 11.5 Å². The van der Waals surface area contributed by atoms with Crippen molar-refractivity contribution in [2.45, 2.75) is 11.3 Å². The number of benzene rings is 3. The van der Waals surface area contributed by atoms with E-state index < -0.39 is 10.0 Å². The lowest BCUT2D eigenvalue weighted by atomic mass is 10.1. The number of nitrogens with zero attached hydrogens (tertiary/aromatic N) is 4. The van der Waals surface area contributed by atoms with E-state index in [0.29, 0.717) is 18.0 Å². The van der Waals surface area contributed by atoms with E-state index in [9.17, 15) is 8.42 Å². The van der Waals surface area contributed by atoms with Crippen LogP contribution in [0.5, 0.6) is 0 Å². The highest BCUT2D eigenvalue weighted by molar-refractivity contribution is 7.89. The van der Waals surface area contributed by atoms with Crippen molar-refractivity contribution >= 4 is 37.5 Å². The van der Waals surface area contributed by atoms with Crippen LogP contribution in [0.3, 0.4) is 0 Å². The van der Waals surface area contributed by atoms with Gasteiger partial charge in [-0.2, -0.15) is 4.37 Å². The van der Waals surface area contributed by atoms with Gasteiger partial charge in [0, 0.05) is 62.6 Å². The minimum Gasteiger partial charge on any atom is -0.344 e. The fourth-order valence-electron chi connectivity index (χ4n) is 4.23. The Hall–Kier alpha value is -2.85. The van der Waals surface area contributed by atoms with Crippen LogP contribution in [0.25, 0.3) is 10.8 Å². The molecule has 7 nitrogen and oxygen atoms in total. The van der Waals surface area contributed by atoms with E-state index in [1.165, 1.54) is 17.1 Å². The Labute approximate surface area is 204 Å². The second-order valence-corrected chi connectivity index (χ2v) is 10.8. The summed E-state index contributed by atoms with van der Waals surface area (Å²) in [6, 6.07) is 23.2. The highest BCUT2D eigenvalue weighted by Gasteiger charge is 2.21. The lowest BCUT2D eigenvalue weighted by Gasteiger charge is -2.34. The summed E-state index contributed by atoms with van der Waals surface area (Å²) in [6.07, 6.45) is 0.744. The normalized spacial score (nSPS) is 15.1. The summed E-state index contributed by atoms with van der Waals surface area (Å²) in [6.45, 7) is 4.50. The molecule has 9 heteroatoms. The molecular formula is C25H27N5O2S2. The molecule has 1 fully saturated rings. The van der Waals surface area contributed by atoms with E-state index in [4.69, 9.17) is 4.98 Å². The zero-order valence-corrected chi connectivity index (χ0v) is 20.4. The number of fused-ring (bicyclic) bond motifs is 1. The molecule has 4 aromatic rings. The van der Waals surface area contributed by atoms with Gasteiger partial charge in [0.1, 0.15) is 5.82 Å². The highest BCUT2D eigenvalue weighted by Crippen LogP contribution is 2.23. The average molecular weight is 494 g/mol. The molecule has 1 saturated heterocycles. The first-order chi connectivity index (χ1) is 16.6. The summed E-state index contributed by atoms with van der Waals surface area (Å²) in [5.41, 5.74) is 1.21. The van der Waals surface area contributed by atoms with Crippen molar-refractivity contribution in [2.24, 2.45) is 0 Å². The number of anilines is 1. The quantitative estimate of drug-likeness (QED) is 0.406. The number of aromatic nitrogens is 2. The van der Waals surface area contributed by atoms with Crippen LogP contribution in [0, 0.1) is 0 Å². The molecule has 176 valence electrons. The Kier molecular flexibility index (Phi) is 6.87. The SMILES string of the molecule is O=S(=O)(NCCN1CCN(c2nc(Cc3ccccc3)ns2)CC1)c1cccc2ccccc12. The number of piperazine rings is 1. The van der Waals surface area contributed by atoms with Gasteiger partial charge < -0.3 is 4.90 Å². The minimum atomic E-state index is -3.57. The van der Waals surface area contributed by atoms with Gasteiger partial charge in [-0.25, -0.2) is 18.1 Å². The molecule has 1 aromatic heterocycles. The van der Waals surface area contributed by atoms with Crippen molar-refractivity contribution in [1.29, 1.82) is 0 Å². The lowest BCUT2D eigenvalue weighted by Crippen LogP contribution is -2.48. The molecule has 2 heterocycles. The van der Waals surface area contributed by atoms with Crippen molar-refractivity contribution in [3.8, 4) is 0 Å². The smallest absolute Gasteiger partial charge is 0.241 e.